The van der Waals surface area contributed by atoms with Crippen LogP contribution >= 0.6 is 0 Å². The summed E-state index contributed by atoms with van der Waals surface area (Å²) in [5.74, 6) is -0.241. The van der Waals surface area contributed by atoms with Crippen molar-refractivity contribution in [2.45, 2.75) is 53.0 Å². The standard InChI is InChI=1S/C30H33NO5/c1-18(2)17-36-23-14-9-20(16-19(23)3)27(32)25-26(24-8-7-15-35-24)31(29(34)28(25)33)22-12-10-21(11-13-22)30(4,5)6/h7-16,18,26,32H,17H2,1-6H3/b27-25-. The Morgan fingerprint density at radius 2 is 1.78 bits per heavy atom. The highest BCUT2D eigenvalue weighted by Gasteiger charge is 2.48. The van der Waals surface area contributed by atoms with Crippen molar-refractivity contribution in [2.24, 2.45) is 5.92 Å². The van der Waals surface area contributed by atoms with Gasteiger partial charge in [0.05, 0.1) is 18.4 Å². The number of carbonyl (C=O) groups is 2. The summed E-state index contributed by atoms with van der Waals surface area (Å²) in [7, 11) is 0. The van der Waals surface area contributed by atoms with E-state index in [0.717, 1.165) is 11.1 Å². The second-order valence-corrected chi connectivity index (χ2v) is 10.7. The van der Waals surface area contributed by atoms with Crippen LogP contribution in [0.3, 0.4) is 0 Å². The number of carbonyl (C=O) groups excluding carboxylic acids is 2. The van der Waals surface area contributed by atoms with Crippen molar-refractivity contribution in [1.29, 1.82) is 0 Å². The van der Waals surface area contributed by atoms with E-state index in [4.69, 9.17) is 9.15 Å². The van der Waals surface area contributed by atoms with Crippen LogP contribution in [-0.2, 0) is 15.0 Å². The largest absolute Gasteiger partial charge is 0.507 e. The molecule has 1 saturated heterocycles. The monoisotopic (exact) mass is 487 g/mol. The fourth-order valence-electron chi connectivity index (χ4n) is 4.31. The van der Waals surface area contributed by atoms with Crippen molar-refractivity contribution >= 4 is 23.1 Å². The predicted molar refractivity (Wildman–Crippen MR) is 140 cm³/mol. The molecule has 1 fully saturated rings. The van der Waals surface area contributed by atoms with Crippen LogP contribution in [0.4, 0.5) is 5.69 Å². The third-order valence-electron chi connectivity index (χ3n) is 6.29. The summed E-state index contributed by atoms with van der Waals surface area (Å²) in [4.78, 5) is 28.0. The molecule has 0 bridgehead atoms. The number of ether oxygens (including phenoxy) is 1. The zero-order chi connectivity index (χ0) is 26.2. The zero-order valence-electron chi connectivity index (χ0n) is 21.7. The van der Waals surface area contributed by atoms with Crippen LogP contribution in [0, 0.1) is 12.8 Å². The number of Topliss-reactive ketones (excluding diaryl/α,β-unsaturated/α-hetero) is 1. The molecular weight excluding hydrogens is 454 g/mol. The molecule has 1 amide bonds. The average Bonchev–Trinajstić information content (AvgIpc) is 3.44. The van der Waals surface area contributed by atoms with Gasteiger partial charge in [-0.1, -0.05) is 46.8 Å². The highest BCUT2D eigenvalue weighted by Crippen LogP contribution is 2.43. The third-order valence-corrected chi connectivity index (χ3v) is 6.29. The molecule has 1 aromatic heterocycles. The van der Waals surface area contributed by atoms with Gasteiger partial charge in [-0.15, -0.1) is 0 Å². The Balaban J connectivity index is 1.79. The van der Waals surface area contributed by atoms with Crippen molar-refractivity contribution in [3.63, 3.8) is 0 Å². The minimum atomic E-state index is -0.891. The van der Waals surface area contributed by atoms with Crippen molar-refractivity contribution in [2.75, 3.05) is 11.5 Å². The molecule has 188 valence electrons. The summed E-state index contributed by atoms with van der Waals surface area (Å²) < 4.78 is 11.5. The number of amides is 1. The maximum absolute atomic E-state index is 13.3. The summed E-state index contributed by atoms with van der Waals surface area (Å²) in [6, 6.07) is 15.3. The van der Waals surface area contributed by atoms with Gasteiger partial charge < -0.3 is 14.3 Å². The van der Waals surface area contributed by atoms with Crippen LogP contribution in [0.15, 0.2) is 70.9 Å². The van der Waals surface area contributed by atoms with E-state index in [1.165, 1.54) is 11.2 Å². The van der Waals surface area contributed by atoms with E-state index in [9.17, 15) is 14.7 Å². The minimum absolute atomic E-state index is 0.00917. The number of benzene rings is 2. The lowest BCUT2D eigenvalue weighted by Crippen LogP contribution is -2.29. The normalized spacial score (nSPS) is 17.8. The van der Waals surface area contributed by atoms with Gasteiger partial charge in [-0.05, 0) is 71.8 Å². The molecule has 1 aliphatic rings. The Bertz CT molecular complexity index is 1290. The molecule has 1 aliphatic heterocycles. The molecular formula is C30H33NO5. The van der Waals surface area contributed by atoms with Gasteiger partial charge in [-0.3, -0.25) is 14.5 Å². The van der Waals surface area contributed by atoms with Crippen molar-refractivity contribution in [1.82, 2.24) is 0 Å². The van der Waals surface area contributed by atoms with Crippen LogP contribution in [0.1, 0.15) is 63.1 Å². The summed E-state index contributed by atoms with van der Waals surface area (Å²) >= 11 is 0. The van der Waals surface area contributed by atoms with Gasteiger partial charge >= 0.3 is 0 Å². The maximum Gasteiger partial charge on any atom is 0.300 e. The Labute approximate surface area is 212 Å². The van der Waals surface area contributed by atoms with Crippen molar-refractivity contribution < 1.29 is 23.8 Å². The van der Waals surface area contributed by atoms with Gasteiger partial charge in [-0.25, -0.2) is 0 Å². The smallest absolute Gasteiger partial charge is 0.300 e. The lowest BCUT2D eigenvalue weighted by atomic mass is 9.87. The number of hydrogen-bond acceptors (Lipinski definition) is 5. The first-order valence-corrected chi connectivity index (χ1v) is 12.2. The van der Waals surface area contributed by atoms with Gasteiger partial charge in [0.1, 0.15) is 23.3 Å². The first-order valence-electron chi connectivity index (χ1n) is 12.2. The number of anilines is 1. The first-order chi connectivity index (χ1) is 17.0. The number of nitrogens with zero attached hydrogens (tertiary/aromatic N) is 1. The molecule has 2 heterocycles. The second kappa shape index (κ2) is 9.69. The number of aliphatic hydroxyl groups is 1. The van der Waals surface area contributed by atoms with Crippen LogP contribution in [0.25, 0.3) is 5.76 Å². The van der Waals surface area contributed by atoms with Crippen molar-refractivity contribution in [3.05, 3.63) is 88.9 Å². The van der Waals surface area contributed by atoms with Crippen LogP contribution in [-0.4, -0.2) is 23.4 Å². The fourth-order valence-corrected chi connectivity index (χ4v) is 4.31. The molecule has 4 rings (SSSR count). The summed E-state index contributed by atoms with van der Waals surface area (Å²) in [6.07, 6.45) is 1.49. The Morgan fingerprint density at radius 1 is 1.08 bits per heavy atom. The summed E-state index contributed by atoms with van der Waals surface area (Å²) in [6.45, 7) is 12.9. The van der Waals surface area contributed by atoms with E-state index in [-0.39, 0.29) is 16.7 Å². The topological polar surface area (TPSA) is 80.0 Å². The zero-order valence-corrected chi connectivity index (χ0v) is 21.7. The molecule has 1 atom stereocenters. The van der Waals surface area contributed by atoms with Crippen LogP contribution in [0.5, 0.6) is 5.75 Å². The van der Waals surface area contributed by atoms with Crippen LogP contribution in [0.2, 0.25) is 0 Å². The number of furan rings is 1. The summed E-state index contributed by atoms with van der Waals surface area (Å²) in [5, 5.41) is 11.3. The van der Waals surface area contributed by atoms with E-state index >= 15 is 0 Å². The molecule has 6 nitrogen and oxygen atoms in total. The Kier molecular flexibility index (Phi) is 6.81. The molecule has 3 aromatic rings. The SMILES string of the molecule is Cc1cc(/C(O)=C2/C(=O)C(=O)N(c3ccc(C(C)(C)C)cc3)C2c2ccco2)ccc1OCC(C)C. The highest BCUT2D eigenvalue weighted by molar-refractivity contribution is 6.51. The molecule has 0 aliphatic carbocycles. The number of aliphatic hydroxyl groups excluding tert-OH is 1. The van der Waals surface area contributed by atoms with Gasteiger partial charge in [-0.2, -0.15) is 0 Å². The lowest BCUT2D eigenvalue weighted by molar-refractivity contribution is -0.132. The number of rotatable bonds is 6. The quantitative estimate of drug-likeness (QED) is 0.242. The van der Waals surface area contributed by atoms with Gasteiger partial charge in [0, 0.05) is 11.3 Å². The first kappa shape index (κ1) is 25.3. The van der Waals surface area contributed by atoms with Gasteiger partial charge in [0.25, 0.3) is 11.7 Å². The van der Waals surface area contributed by atoms with E-state index in [1.807, 2.05) is 31.2 Å². The van der Waals surface area contributed by atoms with Crippen molar-refractivity contribution in [3.8, 4) is 5.75 Å². The maximum atomic E-state index is 13.3. The molecule has 0 spiro atoms. The van der Waals surface area contributed by atoms with Crippen LogP contribution < -0.4 is 9.64 Å². The molecule has 0 saturated carbocycles. The highest BCUT2D eigenvalue weighted by atomic mass is 16.5. The molecule has 0 radical (unpaired) electrons. The molecule has 2 aromatic carbocycles. The summed E-state index contributed by atoms with van der Waals surface area (Å²) in [5.41, 5.74) is 2.84. The van der Waals surface area contributed by atoms with E-state index in [2.05, 4.69) is 34.6 Å². The lowest BCUT2D eigenvalue weighted by Gasteiger charge is -2.25. The average molecular weight is 488 g/mol. The molecule has 6 heteroatoms. The second-order valence-electron chi connectivity index (χ2n) is 10.7. The molecule has 1 unspecified atom stereocenters. The van der Waals surface area contributed by atoms with E-state index in [0.29, 0.717) is 35.3 Å². The number of hydrogen-bond donors (Lipinski definition) is 1. The minimum Gasteiger partial charge on any atom is -0.507 e. The van der Waals surface area contributed by atoms with Gasteiger partial charge in [0.2, 0.25) is 0 Å². The number of ketones is 1. The Morgan fingerprint density at radius 3 is 2.33 bits per heavy atom. The number of aryl methyl sites for hydroxylation is 1. The van der Waals surface area contributed by atoms with E-state index in [1.54, 1.807) is 30.3 Å². The predicted octanol–water partition coefficient (Wildman–Crippen LogP) is 6.55. The fraction of sp³-hybridized carbons (Fsp3) is 0.333. The van der Waals surface area contributed by atoms with Gasteiger partial charge in [0.15, 0.2) is 0 Å². The molecule has 1 N–H and O–H groups in total. The van der Waals surface area contributed by atoms with E-state index < -0.39 is 17.7 Å². The Hall–Kier alpha value is -3.80. The molecule has 36 heavy (non-hydrogen) atoms. The third kappa shape index (κ3) is 4.81.